The number of benzene rings is 2. The average Bonchev–Trinajstić information content (AvgIpc) is 2.56. The van der Waals surface area contributed by atoms with E-state index in [1.165, 1.54) is 25.3 Å². The molecule has 0 bridgehead atoms. The van der Waals surface area contributed by atoms with E-state index in [2.05, 4.69) is 4.72 Å². The zero-order valence-corrected chi connectivity index (χ0v) is 13.4. The average molecular weight is 347 g/mol. The van der Waals surface area contributed by atoms with Gasteiger partial charge in [0, 0.05) is 17.8 Å². The molecule has 0 radical (unpaired) electrons. The Balaban J connectivity index is 2.38. The summed E-state index contributed by atoms with van der Waals surface area (Å²) in [6, 6.07) is 11.6. The molecule has 0 amide bonds. The number of nitro groups is 1. The van der Waals surface area contributed by atoms with Crippen molar-refractivity contribution in [3.05, 3.63) is 58.1 Å². The minimum absolute atomic E-state index is 0.00537. The fourth-order valence-corrected chi connectivity index (χ4v) is 3.23. The molecule has 0 saturated carbocycles. The maximum Gasteiger partial charge on any atom is 0.271 e. The second-order valence-corrected chi connectivity index (χ2v) is 6.38. The lowest BCUT2D eigenvalue weighted by Crippen LogP contribution is -2.14. The van der Waals surface area contributed by atoms with E-state index in [1.54, 1.807) is 12.1 Å². The van der Waals surface area contributed by atoms with Crippen molar-refractivity contribution in [1.29, 1.82) is 5.26 Å². The Morgan fingerprint density at radius 1 is 1.25 bits per heavy atom. The topological polar surface area (TPSA) is 122 Å². The normalized spacial score (nSPS) is 10.7. The Bertz CT molecular complexity index is 902. The maximum atomic E-state index is 12.5. The van der Waals surface area contributed by atoms with Crippen LogP contribution in [0.4, 0.5) is 11.4 Å². The van der Waals surface area contributed by atoms with Gasteiger partial charge in [-0.2, -0.15) is 5.26 Å². The second kappa shape index (κ2) is 6.97. The predicted molar refractivity (Wildman–Crippen MR) is 86.2 cm³/mol. The smallest absolute Gasteiger partial charge is 0.271 e. The monoisotopic (exact) mass is 347 g/mol. The van der Waals surface area contributed by atoms with E-state index < -0.39 is 14.9 Å². The van der Waals surface area contributed by atoms with Gasteiger partial charge in [0.05, 0.1) is 24.5 Å². The number of ether oxygens (including phenoxy) is 1. The van der Waals surface area contributed by atoms with Gasteiger partial charge in [-0.15, -0.1) is 0 Å². The zero-order valence-electron chi connectivity index (χ0n) is 12.6. The molecule has 1 N–H and O–H groups in total. The van der Waals surface area contributed by atoms with E-state index >= 15 is 0 Å². The van der Waals surface area contributed by atoms with Crippen molar-refractivity contribution < 1.29 is 18.1 Å². The summed E-state index contributed by atoms with van der Waals surface area (Å²) < 4.78 is 32.3. The molecule has 0 aliphatic heterocycles. The molecular formula is C15H13N3O5S. The van der Waals surface area contributed by atoms with Crippen LogP contribution in [0.15, 0.2) is 47.4 Å². The lowest BCUT2D eigenvalue weighted by atomic mass is 10.1. The summed E-state index contributed by atoms with van der Waals surface area (Å²) in [5, 5.41) is 19.5. The Kier molecular flexibility index (Phi) is 5.01. The van der Waals surface area contributed by atoms with Crippen molar-refractivity contribution in [2.24, 2.45) is 0 Å². The Hall–Kier alpha value is -3.12. The van der Waals surface area contributed by atoms with Crippen LogP contribution in [-0.4, -0.2) is 20.5 Å². The molecule has 0 aliphatic carbocycles. The van der Waals surface area contributed by atoms with Crippen LogP contribution in [0, 0.1) is 21.4 Å². The molecule has 9 heteroatoms. The number of nitriles is 1. The minimum Gasteiger partial charge on any atom is -0.495 e. The molecule has 0 spiro atoms. The van der Waals surface area contributed by atoms with Gasteiger partial charge in [0.15, 0.2) is 0 Å². The van der Waals surface area contributed by atoms with Crippen molar-refractivity contribution in [3.63, 3.8) is 0 Å². The lowest BCUT2D eigenvalue weighted by molar-refractivity contribution is -0.385. The van der Waals surface area contributed by atoms with E-state index in [-0.39, 0.29) is 28.4 Å². The van der Waals surface area contributed by atoms with E-state index in [0.717, 1.165) is 17.7 Å². The molecular weight excluding hydrogens is 334 g/mol. The Morgan fingerprint density at radius 2 is 1.92 bits per heavy atom. The Labute approximate surface area is 138 Å². The number of nitrogens with zero attached hydrogens (tertiary/aromatic N) is 2. The summed E-state index contributed by atoms with van der Waals surface area (Å²) in [7, 11) is -2.81. The van der Waals surface area contributed by atoms with Gasteiger partial charge in [-0.25, -0.2) is 8.42 Å². The fourth-order valence-electron chi connectivity index (χ4n) is 1.98. The van der Waals surface area contributed by atoms with Crippen LogP contribution in [0.1, 0.15) is 5.56 Å². The quantitative estimate of drug-likeness (QED) is 0.632. The largest absolute Gasteiger partial charge is 0.495 e. The van der Waals surface area contributed by atoms with E-state index in [4.69, 9.17) is 10.00 Å². The number of sulfonamides is 1. The zero-order chi connectivity index (χ0) is 17.7. The number of rotatable bonds is 6. The van der Waals surface area contributed by atoms with Crippen LogP contribution in [-0.2, 0) is 16.4 Å². The van der Waals surface area contributed by atoms with Crippen LogP contribution >= 0.6 is 0 Å². The van der Waals surface area contributed by atoms with E-state index in [1.807, 2.05) is 6.07 Å². The van der Waals surface area contributed by atoms with Crippen molar-refractivity contribution in [2.45, 2.75) is 11.3 Å². The molecule has 2 rings (SSSR count). The molecule has 0 saturated heterocycles. The van der Waals surface area contributed by atoms with Crippen LogP contribution in [0.2, 0.25) is 0 Å². The third kappa shape index (κ3) is 3.80. The standard InChI is InChI=1S/C15H13N3O5S/c1-23-14-7-6-13(18(19)20)10-15(14)24(21,22)17-12-4-2-11(3-5-12)8-9-16/h2-7,10,17H,8H2,1H3. The molecule has 0 atom stereocenters. The highest BCUT2D eigenvalue weighted by atomic mass is 32.2. The third-order valence-electron chi connectivity index (χ3n) is 3.14. The van der Waals surface area contributed by atoms with Gasteiger partial charge in [0.2, 0.25) is 0 Å². The van der Waals surface area contributed by atoms with Crippen molar-refractivity contribution >= 4 is 21.4 Å². The van der Waals surface area contributed by atoms with E-state index in [0.29, 0.717) is 0 Å². The highest BCUT2D eigenvalue weighted by Gasteiger charge is 2.23. The number of hydrogen-bond acceptors (Lipinski definition) is 6. The molecule has 0 aromatic heterocycles. The number of anilines is 1. The van der Waals surface area contributed by atoms with Crippen molar-refractivity contribution in [3.8, 4) is 11.8 Å². The van der Waals surface area contributed by atoms with Gasteiger partial charge in [-0.05, 0) is 23.8 Å². The second-order valence-electron chi connectivity index (χ2n) is 4.73. The number of nitro benzene ring substituents is 1. The first kappa shape index (κ1) is 17.2. The summed E-state index contributed by atoms with van der Waals surface area (Å²) in [6.45, 7) is 0. The number of nitrogens with one attached hydrogen (secondary N) is 1. The highest BCUT2D eigenvalue weighted by Crippen LogP contribution is 2.29. The number of methoxy groups -OCH3 is 1. The number of non-ortho nitro benzene ring substituents is 1. The van der Waals surface area contributed by atoms with Crippen molar-refractivity contribution in [2.75, 3.05) is 11.8 Å². The highest BCUT2D eigenvalue weighted by molar-refractivity contribution is 7.92. The molecule has 24 heavy (non-hydrogen) atoms. The van der Waals surface area contributed by atoms with Gasteiger partial charge in [0.1, 0.15) is 10.6 Å². The predicted octanol–water partition coefficient (Wildman–Crippen LogP) is 2.47. The molecule has 0 fully saturated rings. The maximum absolute atomic E-state index is 12.5. The van der Waals surface area contributed by atoms with Crippen LogP contribution in [0.5, 0.6) is 5.75 Å². The summed E-state index contributed by atoms with van der Waals surface area (Å²) in [4.78, 5) is 9.84. The molecule has 124 valence electrons. The molecule has 0 heterocycles. The van der Waals surface area contributed by atoms with Crippen LogP contribution < -0.4 is 9.46 Å². The molecule has 8 nitrogen and oxygen atoms in total. The van der Waals surface area contributed by atoms with Crippen LogP contribution in [0.25, 0.3) is 0 Å². The summed E-state index contributed by atoms with van der Waals surface area (Å²) in [5.41, 5.74) is 0.652. The van der Waals surface area contributed by atoms with Gasteiger partial charge >= 0.3 is 0 Å². The SMILES string of the molecule is COc1ccc([N+](=O)[O-])cc1S(=O)(=O)Nc1ccc(CC#N)cc1. The van der Waals surface area contributed by atoms with Crippen LogP contribution in [0.3, 0.4) is 0 Å². The molecule has 2 aromatic carbocycles. The van der Waals surface area contributed by atoms with E-state index in [9.17, 15) is 18.5 Å². The first-order chi connectivity index (χ1) is 11.4. The van der Waals surface area contributed by atoms with Gasteiger partial charge in [-0.1, -0.05) is 12.1 Å². The summed E-state index contributed by atoms with van der Waals surface area (Å²) in [6.07, 6.45) is 0.214. The van der Waals surface area contributed by atoms with Crippen molar-refractivity contribution in [1.82, 2.24) is 0 Å². The third-order valence-corrected chi connectivity index (χ3v) is 4.54. The number of hydrogen-bond donors (Lipinski definition) is 1. The van der Waals surface area contributed by atoms with Gasteiger partial charge in [-0.3, -0.25) is 14.8 Å². The summed E-state index contributed by atoms with van der Waals surface area (Å²) in [5.74, 6) is -0.00537. The lowest BCUT2D eigenvalue weighted by Gasteiger charge is -2.11. The van der Waals surface area contributed by atoms with Gasteiger partial charge < -0.3 is 4.74 Å². The first-order valence-electron chi connectivity index (χ1n) is 6.68. The van der Waals surface area contributed by atoms with Gasteiger partial charge in [0.25, 0.3) is 15.7 Å². The Morgan fingerprint density at radius 3 is 2.46 bits per heavy atom. The first-order valence-corrected chi connectivity index (χ1v) is 8.17. The molecule has 0 unspecified atom stereocenters. The fraction of sp³-hybridized carbons (Fsp3) is 0.133. The minimum atomic E-state index is -4.08. The summed E-state index contributed by atoms with van der Waals surface area (Å²) >= 11 is 0. The molecule has 0 aliphatic rings. The molecule has 2 aromatic rings.